The van der Waals surface area contributed by atoms with Crippen LogP contribution < -0.4 is 5.32 Å². The van der Waals surface area contributed by atoms with Gasteiger partial charge in [0.1, 0.15) is 0 Å². The summed E-state index contributed by atoms with van der Waals surface area (Å²) in [5, 5.41) is 12.4. The smallest absolute Gasteiger partial charge is 0.311 e. The van der Waals surface area contributed by atoms with Crippen molar-refractivity contribution in [2.45, 2.75) is 20.3 Å². The van der Waals surface area contributed by atoms with Crippen LogP contribution >= 0.6 is 11.3 Å². The molecule has 1 aliphatic heterocycles. The lowest BCUT2D eigenvalue weighted by Gasteiger charge is -2.19. The first-order valence-electron chi connectivity index (χ1n) is 6.22. The third-order valence-electron chi connectivity index (χ3n) is 3.39. The Morgan fingerprint density at radius 1 is 1.40 bits per heavy atom. The average molecular weight is 296 g/mol. The van der Waals surface area contributed by atoms with E-state index in [1.165, 1.54) is 18.3 Å². The number of rotatable bonds is 3. The Labute approximate surface area is 120 Å². The highest BCUT2D eigenvalue weighted by atomic mass is 32.1. The van der Waals surface area contributed by atoms with Crippen molar-refractivity contribution >= 4 is 34.1 Å². The number of aliphatic carboxylic acids is 1. The van der Waals surface area contributed by atoms with Gasteiger partial charge in [0.25, 0.3) is 5.91 Å². The van der Waals surface area contributed by atoms with Crippen LogP contribution in [-0.2, 0) is 9.59 Å². The van der Waals surface area contributed by atoms with Gasteiger partial charge in [0.05, 0.1) is 15.3 Å². The number of anilines is 1. The number of likely N-dealkylation sites (tertiary alicyclic amines) is 1. The number of carboxylic acid groups (broad SMARTS) is 1. The normalized spacial score (nSPS) is 21.8. The van der Waals surface area contributed by atoms with Crippen molar-refractivity contribution in [2.24, 2.45) is 5.41 Å². The van der Waals surface area contributed by atoms with Crippen LogP contribution in [0.25, 0.3) is 0 Å². The van der Waals surface area contributed by atoms with E-state index in [1.807, 2.05) is 0 Å². The van der Waals surface area contributed by atoms with Crippen molar-refractivity contribution in [3.05, 3.63) is 17.0 Å². The molecule has 1 fully saturated rings. The van der Waals surface area contributed by atoms with E-state index in [0.29, 0.717) is 22.8 Å². The van der Waals surface area contributed by atoms with E-state index in [0.717, 1.165) is 0 Å². The molecule has 0 bridgehead atoms. The molecule has 7 heteroatoms. The average Bonchev–Trinajstić information content (AvgIpc) is 2.95. The van der Waals surface area contributed by atoms with Gasteiger partial charge in [-0.25, -0.2) is 0 Å². The highest BCUT2D eigenvalue weighted by Crippen LogP contribution is 2.32. The monoisotopic (exact) mass is 296 g/mol. The second-order valence-corrected chi connectivity index (χ2v) is 6.27. The van der Waals surface area contributed by atoms with Gasteiger partial charge in [0, 0.05) is 20.0 Å². The van der Waals surface area contributed by atoms with Crippen molar-refractivity contribution in [1.82, 2.24) is 4.90 Å². The topological polar surface area (TPSA) is 86.7 Å². The summed E-state index contributed by atoms with van der Waals surface area (Å²) >= 11 is 1.19. The Hall–Kier alpha value is -1.89. The number of carbonyl (C=O) groups excluding carboxylic acids is 2. The molecule has 1 aliphatic rings. The molecular formula is C13H16N2O4S. The number of nitrogens with one attached hydrogen (secondary N) is 1. The molecule has 1 atom stereocenters. The molecule has 0 saturated carbocycles. The molecule has 0 aliphatic carbocycles. The SMILES string of the molecule is CC(=O)Nc1ccc(C(=O)N2CCC(C)(C(=O)O)C2)s1. The Balaban J connectivity index is 2.07. The standard InChI is InChI=1S/C13H16N2O4S/c1-8(16)14-10-4-3-9(20-10)11(17)15-6-5-13(2,7-15)12(18)19/h3-4H,5-7H2,1-2H3,(H,14,16)(H,18,19). The van der Waals surface area contributed by atoms with Crippen LogP contribution in [0.4, 0.5) is 5.00 Å². The maximum absolute atomic E-state index is 12.3. The molecule has 2 heterocycles. The van der Waals surface area contributed by atoms with Crippen molar-refractivity contribution in [3.63, 3.8) is 0 Å². The molecular weight excluding hydrogens is 280 g/mol. The molecule has 2 N–H and O–H groups in total. The van der Waals surface area contributed by atoms with E-state index in [1.54, 1.807) is 24.0 Å². The van der Waals surface area contributed by atoms with Gasteiger partial charge in [-0.2, -0.15) is 0 Å². The largest absolute Gasteiger partial charge is 0.481 e. The maximum Gasteiger partial charge on any atom is 0.311 e. The van der Waals surface area contributed by atoms with E-state index >= 15 is 0 Å². The lowest BCUT2D eigenvalue weighted by Crippen LogP contribution is -2.34. The van der Waals surface area contributed by atoms with E-state index < -0.39 is 11.4 Å². The molecule has 1 saturated heterocycles. The third-order valence-corrected chi connectivity index (χ3v) is 4.38. The Morgan fingerprint density at radius 2 is 2.10 bits per heavy atom. The fraction of sp³-hybridized carbons (Fsp3) is 0.462. The van der Waals surface area contributed by atoms with Crippen LogP contribution in [-0.4, -0.2) is 40.9 Å². The molecule has 1 aromatic rings. The van der Waals surface area contributed by atoms with E-state index in [2.05, 4.69) is 5.32 Å². The predicted octanol–water partition coefficient (Wildman–Crippen LogP) is 1.64. The summed E-state index contributed by atoms with van der Waals surface area (Å²) in [7, 11) is 0. The summed E-state index contributed by atoms with van der Waals surface area (Å²) < 4.78 is 0. The summed E-state index contributed by atoms with van der Waals surface area (Å²) in [5.74, 6) is -1.25. The first-order chi connectivity index (χ1) is 9.32. The van der Waals surface area contributed by atoms with Crippen LogP contribution in [0.3, 0.4) is 0 Å². The number of nitrogens with zero attached hydrogens (tertiary/aromatic N) is 1. The van der Waals surface area contributed by atoms with Gasteiger partial charge in [-0.15, -0.1) is 11.3 Å². The molecule has 6 nitrogen and oxygen atoms in total. The number of carbonyl (C=O) groups is 3. The van der Waals surface area contributed by atoms with Crippen molar-refractivity contribution in [2.75, 3.05) is 18.4 Å². The highest BCUT2D eigenvalue weighted by Gasteiger charge is 2.42. The minimum absolute atomic E-state index is 0.184. The van der Waals surface area contributed by atoms with Crippen molar-refractivity contribution in [1.29, 1.82) is 0 Å². The van der Waals surface area contributed by atoms with E-state index in [-0.39, 0.29) is 18.4 Å². The predicted molar refractivity (Wildman–Crippen MR) is 74.9 cm³/mol. The zero-order chi connectivity index (χ0) is 14.9. The van der Waals surface area contributed by atoms with Crippen molar-refractivity contribution in [3.8, 4) is 0 Å². The van der Waals surface area contributed by atoms with Crippen LogP contribution in [0.1, 0.15) is 29.9 Å². The van der Waals surface area contributed by atoms with Gasteiger partial charge in [0.2, 0.25) is 5.91 Å². The first kappa shape index (κ1) is 14.5. The minimum Gasteiger partial charge on any atom is -0.481 e. The van der Waals surface area contributed by atoms with Crippen LogP contribution in [0, 0.1) is 5.41 Å². The molecule has 1 aromatic heterocycles. The quantitative estimate of drug-likeness (QED) is 0.887. The number of hydrogen-bond donors (Lipinski definition) is 2. The molecule has 2 amide bonds. The third kappa shape index (κ3) is 2.82. The first-order valence-corrected chi connectivity index (χ1v) is 7.03. The zero-order valence-electron chi connectivity index (χ0n) is 11.3. The summed E-state index contributed by atoms with van der Waals surface area (Å²) in [5.41, 5.74) is -0.868. The number of thiophene rings is 1. The molecule has 20 heavy (non-hydrogen) atoms. The second kappa shape index (κ2) is 5.24. The Morgan fingerprint density at radius 3 is 2.65 bits per heavy atom. The molecule has 108 valence electrons. The lowest BCUT2D eigenvalue weighted by atomic mass is 9.90. The van der Waals surface area contributed by atoms with E-state index in [4.69, 9.17) is 5.11 Å². The fourth-order valence-corrected chi connectivity index (χ4v) is 3.08. The van der Waals surface area contributed by atoms with Crippen LogP contribution in [0.2, 0.25) is 0 Å². The Kier molecular flexibility index (Phi) is 3.80. The highest BCUT2D eigenvalue weighted by molar-refractivity contribution is 7.18. The number of amides is 2. The molecule has 2 rings (SSSR count). The number of carboxylic acids is 1. The molecule has 0 spiro atoms. The van der Waals surface area contributed by atoms with Gasteiger partial charge >= 0.3 is 5.97 Å². The van der Waals surface area contributed by atoms with Crippen LogP contribution in [0.5, 0.6) is 0 Å². The zero-order valence-corrected chi connectivity index (χ0v) is 12.1. The Bertz CT molecular complexity index is 568. The second-order valence-electron chi connectivity index (χ2n) is 5.19. The van der Waals surface area contributed by atoms with Gasteiger partial charge in [-0.05, 0) is 25.5 Å². The van der Waals surface area contributed by atoms with Gasteiger partial charge in [0.15, 0.2) is 0 Å². The molecule has 0 radical (unpaired) electrons. The van der Waals surface area contributed by atoms with E-state index in [9.17, 15) is 14.4 Å². The minimum atomic E-state index is -0.877. The maximum atomic E-state index is 12.3. The summed E-state index contributed by atoms with van der Waals surface area (Å²) in [6.45, 7) is 3.71. The lowest BCUT2D eigenvalue weighted by molar-refractivity contribution is -0.147. The summed E-state index contributed by atoms with van der Waals surface area (Å²) in [6, 6.07) is 3.32. The molecule has 0 aromatic carbocycles. The van der Waals surface area contributed by atoms with Gasteiger partial charge in [-0.1, -0.05) is 0 Å². The van der Waals surface area contributed by atoms with Crippen LogP contribution in [0.15, 0.2) is 12.1 Å². The summed E-state index contributed by atoms with van der Waals surface area (Å²) in [4.78, 5) is 36.5. The number of hydrogen-bond acceptors (Lipinski definition) is 4. The fourth-order valence-electron chi connectivity index (χ4n) is 2.16. The van der Waals surface area contributed by atoms with Gasteiger partial charge < -0.3 is 15.3 Å². The van der Waals surface area contributed by atoms with Gasteiger partial charge in [-0.3, -0.25) is 14.4 Å². The molecule has 1 unspecified atom stereocenters. The van der Waals surface area contributed by atoms with Crippen molar-refractivity contribution < 1.29 is 19.5 Å². The summed E-state index contributed by atoms with van der Waals surface area (Å²) in [6.07, 6.45) is 0.456.